The molecule has 0 radical (unpaired) electrons. The van der Waals surface area contributed by atoms with Crippen molar-refractivity contribution in [2.45, 2.75) is 45.1 Å². The predicted octanol–water partition coefficient (Wildman–Crippen LogP) is 5.31. The van der Waals surface area contributed by atoms with Crippen molar-refractivity contribution in [1.82, 2.24) is 15.3 Å². The first-order valence-corrected chi connectivity index (χ1v) is 13.4. The molecule has 2 saturated heterocycles. The van der Waals surface area contributed by atoms with Crippen molar-refractivity contribution in [2.75, 3.05) is 36.0 Å². The number of nitrogens with zero attached hydrogens (tertiary/aromatic N) is 2. The average molecular weight is 513 g/mol. The second-order valence-corrected chi connectivity index (χ2v) is 8.85. The Morgan fingerprint density at radius 1 is 1.19 bits per heavy atom. The van der Waals surface area contributed by atoms with Gasteiger partial charge in [0.2, 0.25) is 0 Å². The van der Waals surface area contributed by atoms with E-state index in [0.717, 1.165) is 19.7 Å². The number of nitrogens with one attached hydrogen (secondary N) is 4. The lowest BCUT2D eigenvalue weighted by Crippen LogP contribution is -2.41. The molecular formula is C26H33FN6O2S. The number of halogens is 1. The summed E-state index contributed by atoms with van der Waals surface area (Å²) in [6, 6.07) is 9.67. The molecule has 3 heterocycles. The van der Waals surface area contributed by atoms with E-state index in [-0.39, 0.29) is 16.8 Å². The number of H-pyrrole nitrogens is 1. The maximum Gasteiger partial charge on any atom is 0.258 e. The van der Waals surface area contributed by atoms with Crippen molar-refractivity contribution in [3.63, 3.8) is 0 Å². The molecule has 2 aliphatic heterocycles. The van der Waals surface area contributed by atoms with Crippen LogP contribution in [0.15, 0.2) is 41.5 Å². The van der Waals surface area contributed by atoms with Crippen molar-refractivity contribution >= 4 is 39.9 Å². The van der Waals surface area contributed by atoms with Crippen LogP contribution in [0.25, 0.3) is 10.9 Å². The molecule has 0 atom stereocenters. The Bertz CT molecular complexity index is 1250. The highest BCUT2D eigenvalue weighted by Crippen LogP contribution is 2.33. The van der Waals surface area contributed by atoms with Gasteiger partial charge in [0.25, 0.3) is 5.56 Å². The zero-order valence-corrected chi connectivity index (χ0v) is 21.7. The molecule has 4 N–H and O–H groups in total. The molecule has 36 heavy (non-hydrogen) atoms. The molecule has 2 aromatic carbocycles. The Morgan fingerprint density at radius 3 is 2.64 bits per heavy atom. The summed E-state index contributed by atoms with van der Waals surface area (Å²) >= 11 is 1.30. The molecule has 10 heteroatoms. The zero-order valence-electron chi connectivity index (χ0n) is 20.9. The van der Waals surface area contributed by atoms with Crippen molar-refractivity contribution in [3.8, 4) is 6.07 Å². The number of hydrogen-bond acceptors (Lipinski definition) is 8. The summed E-state index contributed by atoms with van der Waals surface area (Å²) in [4.78, 5) is 18.4. The summed E-state index contributed by atoms with van der Waals surface area (Å²) in [5.41, 5.74) is 1.75. The molecule has 8 nitrogen and oxygen atoms in total. The number of anilines is 3. The third-order valence-electron chi connectivity index (χ3n) is 6.09. The van der Waals surface area contributed by atoms with E-state index in [4.69, 9.17) is 4.74 Å². The number of piperidine rings is 1. The SMILES string of the molecule is C1COC2(C1)CCNCC2.CC.CSNc1ccc(F)c(Nc2ccc3nc[nH]c(=O)c3c2)c1C#N. The second kappa shape index (κ2) is 13.3. The first kappa shape index (κ1) is 27.5. The highest BCUT2D eigenvalue weighted by atomic mass is 32.2. The minimum absolute atomic E-state index is 0.0521. The van der Waals surface area contributed by atoms with Crippen molar-refractivity contribution in [1.29, 1.82) is 5.26 Å². The van der Waals surface area contributed by atoms with E-state index >= 15 is 0 Å². The summed E-state index contributed by atoms with van der Waals surface area (Å²) in [6.45, 7) is 7.31. The van der Waals surface area contributed by atoms with E-state index in [2.05, 4.69) is 25.3 Å². The van der Waals surface area contributed by atoms with Gasteiger partial charge in [-0.25, -0.2) is 9.37 Å². The molecule has 2 fully saturated rings. The number of aromatic nitrogens is 2. The summed E-state index contributed by atoms with van der Waals surface area (Å²) in [7, 11) is 0. The molecule has 0 bridgehead atoms. The Hall–Kier alpha value is -3.13. The number of benzene rings is 2. The third-order valence-corrected chi connectivity index (χ3v) is 6.51. The van der Waals surface area contributed by atoms with Crippen LogP contribution < -0.4 is 20.9 Å². The Labute approximate surface area is 215 Å². The minimum Gasteiger partial charge on any atom is -0.375 e. The van der Waals surface area contributed by atoms with Crippen molar-refractivity contribution < 1.29 is 9.13 Å². The van der Waals surface area contributed by atoms with Gasteiger partial charge in [-0.05, 0) is 69.1 Å². The van der Waals surface area contributed by atoms with Crippen LogP contribution in [0.3, 0.4) is 0 Å². The number of fused-ring (bicyclic) bond motifs is 1. The summed E-state index contributed by atoms with van der Waals surface area (Å²) in [6.07, 6.45) is 8.16. The van der Waals surface area contributed by atoms with Crippen LogP contribution in [-0.2, 0) is 4.74 Å². The van der Waals surface area contributed by atoms with Gasteiger partial charge in [-0.3, -0.25) is 4.79 Å². The molecule has 1 aromatic heterocycles. The van der Waals surface area contributed by atoms with Crippen molar-refractivity contribution in [2.24, 2.45) is 0 Å². The quantitative estimate of drug-likeness (QED) is 0.348. The lowest BCUT2D eigenvalue weighted by molar-refractivity contribution is -0.0190. The average Bonchev–Trinajstić information content (AvgIpc) is 3.36. The molecule has 0 unspecified atom stereocenters. The van der Waals surface area contributed by atoms with Gasteiger partial charge in [-0.1, -0.05) is 25.8 Å². The predicted molar refractivity (Wildman–Crippen MR) is 145 cm³/mol. The fourth-order valence-electron chi connectivity index (χ4n) is 4.33. The standard InChI is InChI=1S/C16H12FN5OS.C8H15NO.C2H6/c1-24-22-14-5-3-12(17)15(11(14)7-18)21-9-2-4-13-10(6-9)16(23)20-8-19-13;1-2-8(10-7-1)3-5-9-6-4-8;1-2/h2-6,8,21-22H,1H3,(H,19,20,23);9H,1-7H2;1-2H3. The molecule has 3 aromatic rings. The lowest BCUT2D eigenvalue weighted by atomic mass is 9.90. The zero-order chi connectivity index (χ0) is 26.0. The second-order valence-electron chi connectivity index (χ2n) is 8.24. The maximum atomic E-state index is 14.2. The number of hydrogen-bond donors (Lipinski definition) is 4. The van der Waals surface area contributed by atoms with Crippen LogP contribution in [0.5, 0.6) is 0 Å². The Morgan fingerprint density at radius 2 is 1.97 bits per heavy atom. The smallest absolute Gasteiger partial charge is 0.258 e. The molecule has 0 aliphatic carbocycles. The van der Waals surface area contributed by atoms with Gasteiger partial charge in [0.1, 0.15) is 17.4 Å². The Balaban J connectivity index is 0.000000249. The van der Waals surface area contributed by atoms with E-state index in [1.165, 1.54) is 56.1 Å². The van der Waals surface area contributed by atoms with Crippen LogP contribution in [0.2, 0.25) is 0 Å². The highest BCUT2D eigenvalue weighted by molar-refractivity contribution is 7.99. The van der Waals surface area contributed by atoms with Crippen LogP contribution in [0.4, 0.5) is 21.5 Å². The molecule has 2 aliphatic rings. The first-order valence-electron chi connectivity index (χ1n) is 12.2. The molecular weight excluding hydrogens is 479 g/mol. The van der Waals surface area contributed by atoms with Gasteiger partial charge >= 0.3 is 0 Å². The fraction of sp³-hybridized carbons (Fsp3) is 0.423. The van der Waals surface area contributed by atoms with E-state index in [9.17, 15) is 14.4 Å². The third kappa shape index (κ3) is 6.55. The van der Waals surface area contributed by atoms with Gasteiger partial charge < -0.3 is 25.1 Å². The van der Waals surface area contributed by atoms with E-state index in [1.54, 1.807) is 24.5 Å². The number of ether oxygens (including phenoxy) is 1. The topological polar surface area (TPSA) is 115 Å². The summed E-state index contributed by atoms with van der Waals surface area (Å²) < 4.78 is 22.9. The van der Waals surface area contributed by atoms with Crippen LogP contribution in [0.1, 0.15) is 45.1 Å². The maximum absolute atomic E-state index is 14.2. The van der Waals surface area contributed by atoms with E-state index in [1.807, 2.05) is 19.9 Å². The van der Waals surface area contributed by atoms with Gasteiger partial charge in [0, 0.05) is 18.6 Å². The van der Waals surface area contributed by atoms with Gasteiger partial charge in [0.15, 0.2) is 0 Å². The van der Waals surface area contributed by atoms with Gasteiger partial charge in [0.05, 0.1) is 34.2 Å². The molecule has 5 rings (SSSR count). The number of rotatable bonds is 4. The summed E-state index contributed by atoms with van der Waals surface area (Å²) in [5.74, 6) is -0.557. The van der Waals surface area contributed by atoms with Gasteiger partial charge in [-0.15, -0.1) is 0 Å². The van der Waals surface area contributed by atoms with Crippen LogP contribution in [-0.4, -0.2) is 41.5 Å². The number of aromatic amines is 1. The largest absolute Gasteiger partial charge is 0.375 e. The highest BCUT2D eigenvalue weighted by Gasteiger charge is 2.35. The monoisotopic (exact) mass is 512 g/mol. The Kier molecular flexibility index (Phi) is 10.1. The normalized spacial score (nSPS) is 15.8. The minimum atomic E-state index is -0.557. The van der Waals surface area contributed by atoms with Crippen LogP contribution in [0, 0.1) is 17.1 Å². The fourth-order valence-corrected chi connectivity index (χ4v) is 4.72. The van der Waals surface area contributed by atoms with Crippen LogP contribution >= 0.6 is 11.9 Å². The molecule has 0 amide bonds. The molecule has 1 spiro atoms. The van der Waals surface area contributed by atoms with Crippen molar-refractivity contribution in [3.05, 3.63) is 58.4 Å². The van der Waals surface area contributed by atoms with Gasteiger partial charge in [-0.2, -0.15) is 5.26 Å². The number of nitriles is 1. The van der Waals surface area contributed by atoms with E-state index < -0.39 is 5.82 Å². The van der Waals surface area contributed by atoms with E-state index in [0.29, 0.717) is 27.9 Å². The lowest BCUT2D eigenvalue weighted by Gasteiger charge is -2.32. The molecule has 0 saturated carbocycles. The molecule has 192 valence electrons. The summed E-state index contributed by atoms with van der Waals surface area (Å²) in [5, 5.41) is 16.0. The first-order chi connectivity index (χ1) is 17.5.